The van der Waals surface area contributed by atoms with Gasteiger partial charge in [-0.1, -0.05) is 115 Å². The number of benzene rings is 8. The normalized spacial score (nSPS) is 11.8. The van der Waals surface area contributed by atoms with E-state index < -0.39 is 0 Å². The van der Waals surface area contributed by atoms with Gasteiger partial charge in [0.2, 0.25) is 0 Å². The predicted molar refractivity (Wildman–Crippen MR) is 198 cm³/mol. The van der Waals surface area contributed by atoms with Gasteiger partial charge in [-0.25, -0.2) is 0 Å². The molecule has 0 saturated carbocycles. The Balaban J connectivity index is 1.29. The fourth-order valence-corrected chi connectivity index (χ4v) is 7.45. The molecule has 0 spiro atoms. The smallest absolute Gasteiger partial charge is 0.159 e. The summed E-state index contributed by atoms with van der Waals surface area (Å²) in [6, 6.07) is 60.7. The Morgan fingerprint density at radius 2 is 1.00 bits per heavy atom. The molecule has 3 nitrogen and oxygen atoms in total. The monoisotopic (exact) mass is 600 g/mol. The molecule has 3 heteroatoms. The highest BCUT2D eigenvalue weighted by Crippen LogP contribution is 2.46. The number of hydrogen-bond donors (Lipinski definition) is 0. The van der Waals surface area contributed by atoms with Crippen LogP contribution in [0.4, 0.5) is 17.1 Å². The molecule has 10 rings (SSSR count). The lowest BCUT2D eigenvalue weighted by Crippen LogP contribution is -2.10. The van der Waals surface area contributed by atoms with Crippen LogP contribution in [0.5, 0.6) is 0 Å². The summed E-state index contributed by atoms with van der Waals surface area (Å²) in [7, 11) is 0. The van der Waals surface area contributed by atoms with Gasteiger partial charge in [-0.15, -0.1) is 0 Å². The van der Waals surface area contributed by atoms with E-state index in [1.54, 1.807) is 0 Å². The van der Waals surface area contributed by atoms with E-state index in [1.807, 2.05) is 0 Å². The number of nitrogens with zero attached hydrogens (tertiary/aromatic N) is 2. The highest BCUT2D eigenvalue weighted by atomic mass is 16.3. The quantitative estimate of drug-likeness (QED) is 0.200. The van der Waals surface area contributed by atoms with Crippen molar-refractivity contribution < 1.29 is 4.42 Å². The van der Waals surface area contributed by atoms with Crippen LogP contribution in [0, 0.1) is 0 Å². The maximum Gasteiger partial charge on any atom is 0.159 e. The van der Waals surface area contributed by atoms with Gasteiger partial charge in [0, 0.05) is 43.7 Å². The number of furan rings is 1. The topological polar surface area (TPSA) is 21.3 Å². The summed E-state index contributed by atoms with van der Waals surface area (Å²) in [6.07, 6.45) is 0. The van der Waals surface area contributed by atoms with Crippen LogP contribution in [0.15, 0.2) is 174 Å². The molecule has 220 valence electrons. The standard InChI is InChI=1S/C44H28N2O/c1-2-15-31(16-3-1)45-40-21-9-8-19-35(40)38-28-32(25-27-41(38)45)46(39-22-10-14-29-12-4-6-17-33(29)39)42-23-11-20-36-37-26-24-30-13-5-7-18-34(30)43(37)47-44(36)42/h1-28H. The molecule has 0 bridgehead atoms. The summed E-state index contributed by atoms with van der Waals surface area (Å²) in [5.74, 6) is 0. The van der Waals surface area contributed by atoms with Crippen LogP contribution in [0.1, 0.15) is 0 Å². The molecule has 0 atom stereocenters. The van der Waals surface area contributed by atoms with Crippen LogP contribution in [-0.4, -0.2) is 4.57 Å². The fourth-order valence-electron chi connectivity index (χ4n) is 7.45. The molecule has 2 heterocycles. The van der Waals surface area contributed by atoms with E-state index in [4.69, 9.17) is 4.42 Å². The summed E-state index contributed by atoms with van der Waals surface area (Å²) >= 11 is 0. The summed E-state index contributed by atoms with van der Waals surface area (Å²) in [5, 5.41) is 9.33. The first-order valence-corrected chi connectivity index (χ1v) is 16.0. The number of hydrogen-bond acceptors (Lipinski definition) is 2. The van der Waals surface area contributed by atoms with E-state index in [0.29, 0.717) is 0 Å². The van der Waals surface area contributed by atoms with Crippen molar-refractivity contribution in [2.24, 2.45) is 0 Å². The lowest BCUT2D eigenvalue weighted by Gasteiger charge is -2.27. The van der Waals surface area contributed by atoms with Crippen molar-refractivity contribution in [3.05, 3.63) is 170 Å². The van der Waals surface area contributed by atoms with Crippen molar-refractivity contribution in [1.29, 1.82) is 0 Å². The van der Waals surface area contributed by atoms with Gasteiger partial charge in [-0.2, -0.15) is 0 Å². The summed E-state index contributed by atoms with van der Waals surface area (Å²) < 4.78 is 9.27. The summed E-state index contributed by atoms with van der Waals surface area (Å²) in [4.78, 5) is 2.38. The van der Waals surface area contributed by atoms with E-state index in [0.717, 1.165) is 50.1 Å². The van der Waals surface area contributed by atoms with Crippen molar-refractivity contribution in [3.63, 3.8) is 0 Å². The van der Waals surface area contributed by atoms with Crippen LogP contribution >= 0.6 is 0 Å². The second-order valence-electron chi connectivity index (χ2n) is 12.1. The maximum absolute atomic E-state index is 6.91. The fraction of sp³-hybridized carbons (Fsp3) is 0. The van der Waals surface area contributed by atoms with Gasteiger partial charge in [0.25, 0.3) is 0 Å². The zero-order valence-electron chi connectivity index (χ0n) is 25.5. The number of aromatic nitrogens is 1. The molecular weight excluding hydrogens is 572 g/mol. The first kappa shape index (κ1) is 26.0. The van der Waals surface area contributed by atoms with Gasteiger partial charge in [0.1, 0.15) is 5.58 Å². The third kappa shape index (κ3) is 3.87. The predicted octanol–water partition coefficient (Wildman–Crippen LogP) is 12.5. The molecule has 0 aliphatic heterocycles. The van der Waals surface area contributed by atoms with Gasteiger partial charge >= 0.3 is 0 Å². The van der Waals surface area contributed by atoms with Gasteiger partial charge in [-0.3, -0.25) is 0 Å². The minimum atomic E-state index is 0.874. The number of anilines is 3. The van der Waals surface area contributed by atoms with Crippen LogP contribution in [-0.2, 0) is 0 Å². The Morgan fingerprint density at radius 3 is 1.87 bits per heavy atom. The Morgan fingerprint density at radius 1 is 0.383 bits per heavy atom. The SMILES string of the molecule is c1ccc(-n2c3ccccc3c3cc(N(c4cccc5ccccc45)c4cccc5c4oc4c6ccccc6ccc54)ccc32)cc1. The molecule has 0 aliphatic rings. The molecule has 0 amide bonds. The zero-order chi connectivity index (χ0) is 30.9. The first-order valence-electron chi connectivity index (χ1n) is 16.0. The largest absolute Gasteiger partial charge is 0.453 e. The second-order valence-corrected chi connectivity index (χ2v) is 12.1. The van der Waals surface area contributed by atoms with Crippen LogP contribution in [0.2, 0.25) is 0 Å². The molecule has 0 aliphatic carbocycles. The molecule has 2 aromatic heterocycles. The molecule has 0 radical (unpaired) electrons. The average Bonchev–Trinajstić information content (AvgIpc) is 3.69. The molecule has 10 aromatic rings. The van der Waals surface area contributed by atoms with E-state index in [-0.39, 0.29) is 0 Å². The van der Waals surface area contributed by atoms with Gasteiger partial charge in [-0.05, 0) is 65.4 Å². The van der Waals surface area contributed by atoms with Crippen LogP contribution in [0.25, 0.3) is 71.0 Å². The van der Waals surface area contributed by atoms with Crippen molar-refractivity contribution in [2.45, 2.75) is 0 Å². The molecular formula is C44H28N2O. The van der Waals surface area contributed by atoms with E-state index in [1.165, 1.54) is 38.0 Å². The number of fused-ring (bicyclic) bond motifs is 9. The minimum absolute atomic E-state index is 0.874. The molecule has 47 heavy (non-hydrogen) atoms. The van der Waals surface area contributed by atoms with E-state index in [2.05, 4.69) is 179 Å². The van der Waals surface area contributed by atoms with Crippen LogP contribution < -0.4 is 4.90 Å². The van der Waals surface area contributed by atoms with Crippen molar-refractivity contribution in [1.82, 2.24) is 4.57 Å². The Labute approximate surface area is 271 Å². The molecule has 0 unspecified atom stereocenters. The van der Waals surface area contributed by atoms with Crippen molar-refractivity contribution in [3.8, 4) is 5.69 Å². The van der Waals surface area contributed by atoms with Crippen molar-refractivity contribution in [2.75, 3.05) is 4.90 Å². The Hall–Kier alpha value is -6.32. The van der Waals surface area contributed by atoms with E-state index in [9.17, 15) is 0 Å². The molecule has 0 saturated heterocycles. The third-order valence-electron chi connectivity index (χ3n) is 9.55. The van der Waals surface area contributed by atoms with Gasteiger partial charge in [0.05, 0.1) is 22.4 Å². The highest BCUT2D eigenvalue weighted by Gasteiger charge is 2.23. The highest BCUT2D eigenvalue weighted by molar-refractivity contribution is 6.18. The summed E-state index contributed by atoms with van der Waals surface area (Å²) in [6.45, 7) is 0. The van der Waals surface area contributed by atoms with E-state index >= 15 is 0 Å². The lowest BCUT2D eigenvalue weighted by atomic mass is 10.0. The maximum atomic E-state index is 6.91. The summed E-state index contributed by atoms with van der Waals surface area (Å²) in [5.41, 5.74) is 8.49. The van der Waals surface area contributed by atoms with Crippen molar-refractivity contribution >= 4 is 82.4 Å². The second kappa shape index (κ2) is 10.1. The Bertz CT molecular complexity index is 2800. The average molecular weight is 601 g/mol. The number of para-hydroxylation sites is 3. The first-order chi connectivity index (χ1) is 23.3. The Kier molecular flexibility index (Phi) is 5.57. The third-order valence-corrected chi connectivity index (χ3v) is 9.55. The minimum Gasteiger partial charge on any atom is -0.453 e. The number of rotatable bonds is 4. The molecule has 0 N–H and O–H groups in total. The van der Waals surface area contributed by atoms with Crippen LogP contribution in [0.3, 0.4) is 0 Å². The lowest BCUT2D eigenvalue weighted by molar-refractivity contribution is 0.673. The molecule has 8 aromatic carbocycles. The molecule has 0 fully saturated rings. The van der Waals surface area contributed by atoms with Gasteiger partial charge < -0.3 is 13.9 Å². The zero-order valence-corrected chi connectivity index (χ0v) is 25.5. The van der Waals surface area contributed by atoms with Gasteiger partial charge in [0.15, 0.2) is 5.58 Å².